The van der Waals surface area contributed by atoms with E-state index >= 15 is 0 Å². The molecule has 0 spiro atoms. The van der Waals surface area contributed by atoms with Crippen LogP contribution in [0.15, 0.2) is 18.2 Å². The average molecular weight is 227 g/mol. The zero-order chi connectivity index (χ0) is 11.4. The maximum Gasteiger partial charge on any atom is 0.273 e. The maximum absolute atomic E-state index is 10.5. The zero-order valence-corrected chi connectivity index (χ0v) is 8.56. The first kappa shape index (κ1) is 11.3. The number of halogens is 1. The molecular weight excluding hydrogens is 220 g/mol. The normalized spacial score (nSPS) is 11.5. The Kier molecular flexibility index (Phi) is 3.47. The standard InChI is InChI=1S/C9H7ClN2O3/c1-6(5-11)15-9-4-7(12(13)14)2-3-8(9)10/h2-4,6H,1H3. The maximum atomic E-state index is 10.5. The molecule has 78 valence electrons. The molecule has 0 aliphatic rings. The molecule has 1 atom stereocenters. The smallest absolute Gasteiger partial charge is 0.273 e. The van der Waals surface area contributed by atoms with E-state index in [0.717, 1.165) is 0 Å². The molecule has 1 unspecified atom stereocenters. The van der Waals surface area contributed by atoms with Crippen molar-refractivity contribution in [2.75, 3.05) is 0 Å². The summed E-state index contributed by atoms with van der Waals surface area (Å²) in [5.74, 6) is 0.139. The Morgan fingerprint density at radius 1 is 1.67 bits per heavy atom. The van der Waals surface area contributed by atoms with Gasteiger partial charge in [-0.1, -0.05) is 11.6 Å². The summed E-state index contributed by atoms with van der Waals surface area (Å²) in [4.78, 5) is 9.91. The summed E-state index contributed by atoms with van der Waals surface area (Å²) in [5, 5.41) is 19.2. The van der Waals surface area contributed by atoms with Crippen molar-refractivity contribution in [3.63, 3.8) is 0 Å². The first-order valence-corrected chi connectivity index (χ1v) is 4.42. The van der Waals surface area contributed by atoms with Crippen LogP contribution in [-0.2, 0) is 0 Å². The quantitative estimate of drug-likeness (QED) is 0.586. The van der Waals surface area contributed by atoms with Crippen molar-refractivity contribution in [2.45, 2.75) is 13.0 Å². The Balaban J connectivity index is 3.01. The van der Waals surface area contributed by atoms with Crippen molar-refractivity contribution in [1.29, 1.82) is 5.26 Å². The molecule has 0 amide bonds. The van der Waals surface area contributed by atoms with E-state index in [2.05, 4.69) is 0 Å². The fourth-order valence-corrected chi connectivity index (χ4v) is 1.07. The SMILES string of the molecule is CC(C#N)Oc1cc([N+](=O)[O-])ccc1Cl. The first-order chi connectivity index (χ1) is 7.04. The van der Waals surface area contributed by atoms with Crippen molar-refractivity contribution < 1.29 is 9.66 Å². The van der Waals surface area contributed by atoms with E-state index in [4.69, 9.17) is 21.6 Å². The van der Waals surface area contributed by atoms with Crippen molar-refractivity contribution in [3.05, 3.63) is 33.3 Å². The fraction of sp³-hybridized carbons (Fsp3) is 0.222. The summed E-state index contributed by atoms with van der Waals surface area (Å²) in [6.45, 7) is 1.52. The molecule has 0 saturated carbocycles. The minimum absolute atomic E-state index is 0.125. The van der Waals surface area contributed by atoms with Gasteiger partial charge >= 0.3 is 0 Å². The largest absolute Gasteiger partial charge is 0.474 e. The molecule has 5 nitrogen and oxygen atoms in total. The molecule has 0 N–H and O–H groups in total. The van der Waals surface area contributed by atoms with E-state index in [-0.39, 0.29) is 16.5 Å². The number of nitriles is 1. The summed E-state index contributed by atoms with van der Waals surface area (Å²) in [6, 6.07) is 5.66. The molecule has 0 bridgehead atoms. The molecule has 0 fully saturated rings. The molecule has 1 aromatic carbocycles. The van der Waals surface area contributed by atoms with Crippen LogP contribution in [0.4, 0.5) is 5.69 Å². The van der Waals surface area contributed by atoms with Crippen LogP contribution < -0.4 is 4.74 Å². The molecule has 6 heteroatoms. The minimum atomic E-state index is -0.704. The lowest BCUT2D eigenvalue weighted by molar-refractivity contribution is -0.384. The topological polar surface area (TPSA) is 76.2 Å². The lowest BCUT2D eigenvalue weighted by Crippen LogP contribution is -2.08. The Labute approximate surface area is 91.0 Å². The average Bonchev–Trinajstić information content (AvgIpc) is 2.20. The van der Waals surface area contributed by atoms with Crippen LogP contribution in [-0.4, -0.2) is 11.0 Å². The zero-order valence-electron chi connectivity index (χ0n) is 7.81. The van der Waals surface area contributed by atoms with E-state index in [0.29, 0.717) is 0 Å². The van der Waals surface area contributed by atoms with Gasteiger partial charge in [-0.15, -0.1) is 0 Å². The predicted octanol–water partition coefficient (Wildman–Crippen LogP) is 2.54. The summed E-state index contributed by atoms with van der Waals surface area (Å²) >= 11 is 5.74. The number of ether oxygens (including phenoxy) is 1. The van der Waals surface area contributed by atoms with Gasteiger partial charge in [0.15, 0.2) is 6.10 Å². The molecule has 15 heavy (non-hydrogen) atoms. The van der Waals surface area contributed by atoms with Crippen LogP contribution in [0.25, 0.3) is 0 Å². The lowest BCUT2D eigenvalue weighted by Gasteiger charge is -2.08. The summed E-state index contributed by atoms with van der Waals surface area (Å²) in [7, 11) is 0. The van der Waals surface area contributed by atoms with Gasteiger partial charge < -0.3 is 4.74 Å². The minimum Gasteiger partial charge on any atom is -0.474 e. The van der Waals surface area contributed by atoms with Gasteiger partial charge in [0.25, 0.3) is 5.69 Å². The number of nitrogens with zero attached hydrogens (tertiary/aromatic N) is 2. The van der Waals surface area contributed by atoms with Crippen molar-refractivity contribution >= 4 is 17.3 Å². The van der Waals surface area contributed by atoms with Crippen molar-refractivity contribution in [1.82, 2.24) is 0 Å². The first-order valence-electron chi connectivity index (χ1n) is 4.05. The van der Waals surface area contributed by atoms with E-state index in [1.807, 2.05) is 6.07 Å². The Morgan fingerprint density at radius 3 is 2.87 bits per heavy atom. The fourth-order valence-electron chi connectivity index (χ4n) is 0.913. The van der Waals surface area contributed by atoms with Crippen molar-refractivity contribution in [2.24, 2.45) is 0 Å². The van der Waals surface area contributed by atoms with Gasteiger partial charge in [0, 0.05) is 6.07 Å². The highest BCUT2D eigenvalue weighted by molar-refractivity contribution is 6.32. The second-order valence-corrected chi connectivity index (χ2v) is 3.17. The molecule has 1 aromatic rings. The third-order valence-electron chi connectivity index (χ3n) is 1.61. The van der Waals surface area contributed by atoms with Crippen molar-refractivity contribution in [3.8, 4) is 11.8 Å². The van der Waals surface area contributed by atoms with E-state index in [9.17, 15) is 10.1 Å². The second-order valence-electron chi connectivity index (χ2n) is 2.76. The van der Waals surface area contributed by atoms with Crippen LogP contribution in [0, 0.1) is 21.4 Å². The van der Waals surface area contributed by atoms with E-state index in [1.165, 1.54) is 25.1 Å². The number of hydrogen-bond donors (Lipinski definition) is 0. The molecule has 0 heterocycles. The van der Waals surface area contributed by atoms with Gasteiger partial charge in [0.05, 0.1) is 16.0 Å². The molecular formula is C9H7ClN2O3. The summed E-state index contributed by atoms with van der Waals surface area (Å²) < 4.78 is 5.09. The predicted molar refractivity (Wildman–Crippen MR) is 53.8 cm³/mol. The number of rotatable bonds is 3. The third-order valence-corrected chi connectivity index (χ3v) is 1.92. The van der Waals surface area contributed by atoms with Crippen LogP contribution in [0.5, 0.6) is 5.75 Å². The molecule has 0 aliphatic carbocycles. The third kappa shape index (κ3) is 2.82. The summed E-state index contributed by atoms with van der Waals surface area (Å²) in [5.41, 5.74) is -0.125. The van der Waals surface area contributed by atoms with Gasteiger partial charge in [-0.3, -0.25) is 10.1 Å². The number of nitro benzene ring substituents is 1. The molecule has 0 saturated heterocycles. The van der Waals surface area contributed by atoms with Gasteiger partial charge in [-0.25, -0.2) is 0 Å². The van der Waals surface area contributed by atoms with Crippen LogP contribution in [0.1, 0.15) is 6.92 Å². The highest BCUT2D eigenvalue weighted by atomic mass is 35.5. The number of benzene rings is 1. The lowest BCUT2D eigenvalue weighted by atomic mass is 10.3. The van der Waals surface area contributed by atoms with Gasteiger partial charge in [-0.05, 0) is 13.0 Å². The van der Waals surface area contributed by atoms with Crippen LogP contribution in [0.2, 0.25) is 5.02 Å². The second kappa shape index (κ2) is 4.62. The Hall–Kier alpha value is -1.80. The number of nitro groups is 1. The van der Waals surface area contributed by atoms with Gasteiger partial charge in [0.2, 0.25) is 0 Å². The summed E-state index contributed by atoms with van der Waals surface area (Å²) in [6.07, 6.45) is -0.704. The van der Waals surface area contributed by atoms with Gasteiger partial charge in [-0.2, -0.15) is 5.26 Å². The Morgan fingerprint density at radius 2 is 2.33 bits per heavy atom. The monoisotopic (exact) mass is 226 g/mol. The molecule has 1 rings (SSSR count). The molecule has 0 radical (unpaired) electrons. The molecule has 0 aliphatic heterocycles. The highest BCUT2D eigenvalue weighted by Crippen LogP contribution is 2.29. The van der Waals surface area contributed by atoms with E-state index < -0.39 is 11.0 Å². The van der Waals surface area contributed by atoms with Crippen LogP contribution in [0.3, 0.4) is 0 Å². The van der Waals surface area contributed by atoms with Crippen LogP contribution >= 0.6 is 11.6 Å². The number of hydrogen-bond acceptors (Lipinski definition) is 4. The highest BCUT2D eigenvalue weighted by Gasteiger charge is 2.12. The molecule has 0 aromatic heterocycles. The van der Waals surface area contributed by atoms with Gasteiger partial charge in [0.1, 0.15) is 11.8 Å². The van der Waals surface area contributed by atoms with E-state index in [1.54, 1.807) is 0 Å². The Bertz CT molecular complexity index is 428. The number of non-ortho nitro benzene ring substituents is 1.